The van der Waals surface area contributed by atoms with Crippen molar-refractivity contribution in [3.05, 3.63) is 35.9 Å². The first-order valence-corrected chi connectivity index (χ1v) is 11.8. The van der Waals surface area contributed by atoms with Crippen LogP contribution in [0.5, 0.6) is 0 Å². The SMILES string of the molecule is CCCCCCCCCCCCCCCCCCNOCc1ccccc1. The molecule has 0 saturated carbocycles. The van der Waals surface area contributed by atoms with Gasteiger partial charge in [0.2, 0.25) is 0 Å². The standard InChI is InChI=1S/C25H45NO/c1-2-3-4-5-6-7-8-9-10-11-12-13-14-15-16-20-23-26-27-24-25-21-18-17-19-22-25/h17-19,21-22,26H,2-16,20,23-24H2,1H3. The van der Waals surface area contributed by atoms with Crippen LogP contribution in [0, 0.1) is 0 Å². The van der Waals surface area contributed by atoms with Crippen molar-refractivity contribution in [2.75, 3.05) is 6.54 Å². The van der Waals surface area contributed by atoms with E-state index in [1.165, 1.54) is 108 Å². The minimum absolute atomic E-state index is 0.652. The van der Waals surface area contributed by atoms with Crippen LogP contribution in [0.1, 0.15) is 115 Å². The van der Waals surface area contributed by atoms with Gasteiger partial charge < -0.3 is 0 Å². The van der Waals surface area contributed by atoms with Gasteiger partial charge in [-0.1, -0.05) is 134 Å². The monoisotopic (exact) mass is 375 g/mol. The highest BCUT2D eigenvalue weighted by atomic mass is 16.6. The Kier molecular flexibility index (Phi) is 17.8. The zero-order valence-electron chi connectivity index (χ0n) is 18.0. The van der Waals surface area contributed by atoms with E-state index in [0.717, 1.165) is 6.54 Å². The molecule has 1 aromatic rings. The summed E-state index contributed by atoms with van der Waals surface area (Å²) in [6, 6.07) is 10.3. The van der Waals surface area contributed by atoms with Crippen LogP contribution in [0.15, 0.2) is 30.3 Å². The van der Waals surface area contributed by atoms with Crippen LogP contribution >= 0.6 is 0 Å². The molecular weight excluding hydrogens is 330 g/mol. The molecule has 0 atom stereocenters. The summed E-state index contributed by atoms with van der Waals surface area (Å²) in [5, 5.41) is 0. The second kappa shape index (κ2) is 19.9. The molecule has 0 heterocycles. The third-order valence-electron chi connectivity index (χ3n) is 5.32. The number of hydroxylamine groups is 1. The number of unbranched alkanes of at least 4 members (excludes halogenated alkanes) is 15. The number of benzene rings is 1. The lowest BCUT2D eigenvalue weighted by Gasteiger charge is -2.06. The van der Waals surface area contributed by atoms with E-state index in [1.807, 2.05) is 18.2 Å². The summed E-state index contributed by atoms with van der Waals surface area (Å²) in [6.45, 7) is 3.91. The average Bonchev–Trinajstić information content (AvgIpc) is 2.70. The Balaban J connectivity index is 1.67. The Bertz CT molecular complexity index is 393. The molecular formula is C25H45NO. The molecule has 0 fully saturated rings. The molecule has 0 unspecified atom stereocenters. The molecule has 0 radical (unpaired) electrons. The summed E-state index contributed by atoms with van der Waals surface area (Å²) in [5.74, 6) is 0. The van der Waals surface area contributed by atoms with Crippen molar-refractivity contribution in [3.63, 3.8) is 0 Å². The number of hydrogen-bond donors (Lipinski definition) is 1. The van der Waals surface area contributed by atoms with Crippen LogP contribution in [0.25, 0.3) is 0 Å². The maximum absolute atomic E-state index is 5.49. The Morgan fingerprint density at radius 3 is 1.52 bits per heavy atom. The molecule has 0 spiro atoms. The fourth-order valence-corrected chi connectivity index (χ4v) is 3.53. The zero-order valence-corrected chi connectivity index (χ0v) is 18.0. The summed E-state index contributed by atoms with van der Waals surface area (Å²) in [7, 11) is 0. The molecule has 27 heavy (non-hydrogen) atoms. The molecule has 1 rings (SSSR count). The van der Waals surface area contributed by atoms with Crippen LogP contribution in [-0.4, -0.2) is 6.54 Å². The molecule has 1 N–H and O–H groups in total. The number of hydrogen-bond acceptors (Lipinski definition) is 2. The van der Waals surface area contributed by atoms with Crippen molar-refractivity contribution in [2.45, 2.75) is 116 Å². The van der Waals surface area contributed by atoms with E-state index in [0.29, 0.717) is 6.61 Å². The van der Waals surface area contributed by atoms with Gasteiger partial charge in [-0.25, -0.2) is 5.48 Å². The summed E-state index contributed by atoms with van der Waals surface area (Å²) >= 11 is 0. The van der Waals surface area contributed by atoms with E-state index >= 15 is 0 Å². The molecule has 0 bridgehead atoms. The van der Waals surface area contributed by atoms with Gasteiger partial charge in [-0.3, -0.25) is 4.84 Å². The molecule has 0 amide bonds. The molecule has 0 aromatic heterocycles. The molecule has 1 aromatic carbocycles. The molecule has 0 aliphatic rings. The highest BCUT2D eigenvalue weighted by Crippen LogP contribution is 2.13. The molecule has 0 saturated heterocycles. The summed E-state index contributed by atoms with van der Waals surface area (Å²) in [4.78, 5) is 5.49. The summed E-state index contributed by atoms with van der Waals surface area (Å²) in [5.41, 5.74) is 4.30. The second-order valence-electron chi connectivity index (χ2n) is 7.97. The second-order valence-corrected chi connectivity index (χ2v) is 7.97. The van der Waals surface area contributed by atoms with Gasteiger partial charge in [0.1, 0.15) is 0 Å². The van der Waals surface area contributed by atoms with Gasteiger partial charge in [0, 0.05) is 6.54 Å². The molecule has 2 heteroatoms. The van der Waals surface area contributed by atoms with Crippen molar-refractivity contribution in [1.29, 1.82) is 0 Å². The van der Waals surface area contributed by atoms with E-state index < -0.39 is 0 Å². The fraction of sp³-hybridized carbons (Fsp3) is 0.760. The molecule has 0 aliphatic heterocycles. The van der Waals surface area contributed by atoms with Gasteiger partial charge in [0.05, 0.1) is 6.61 Å². The van der Waals surface area contributed by atoms with E-state index in [2.05, 4.69) is 24.5 Å². The average molecular weight is 376 g/mol. The minimum Gasteiger partial charge on any atom is -0.297 e. The van der Waals surface area contributed by atoms with Crippen LogP contribution in [0.3, 0.4) is 0 Å². The van der Waals surface area contributed by atoms with Crippen molar-refractivity contribution >= 4 is 0 Å². The maximum atomic E-state index is 5.49. The lowest BCUT2D eigenvalue weighted by Crippen LogP contribution is -2.15. The van der Waals surface area contributed by atoms with Gasteiger partial charge in [-0.15, -0.1) is 0 Å². The zero-order chi connectivity index (χ0) is 19.3. The minimum atomic E-state index is 0.652. The Hall–Kier alpha value is -0.860. The quantitative estimate of drug-likeness (QED) is 0.184. The highest BCUT2D eigenvalue weighted by molar-refractivity contribution is 5.13. The normalized spacial score (nSPS) is 11.1. The van der Waals surface area contributed by atoms with Crippen molar-refractivity contribution < 1.29 is 4.84 Å². The summed E-state index contributed by atoms with van der Waals surface area (Å²) in [6.07, 6.45) is 22.6. The van der Waals surface area contributed by atoms with Gasteiger partial charge >= 0.3 is 0 Å². The molecule has 2 nitrogen and oxygen atoms in total. The van der Waals surface area contributed by atoms with Crippen molar-refractivity contribution in [1.82, 2.24) is 5.48 Å². The van der Waals surface area contributed by atoms with Crippen molar-refractivity contribution in [2.24, 2.45) is 0 Å². The Morgan fingerprint density at radius 2 is 1.04 bits per heavy atom. The number of nitrogens with one attached hydrogen (secondary N) is 1. The topological polar surface area (TPSA) is 21.3 Å². The largest absolute Gasteiger partial charge is 0.297 e. The first-order chi connectivity index (χ1) is 13.4. The van der Waals surface area contributed by atoms with Gasteiger partial charge in [0.25, 0.3) is 0 Å². The summed E-state index contributed by atoms with van der Waals surface area (Å²) < 4.78 is 0. The van der Waals surface area contributed by atoms with Crippen LogP contribution in [0.4, 0.5) is 0 Å². The lowest BCUT2D eigenvalue weighted by atomic mass is 10.0. The predicted octanol–water partition coefficient (Wildman–Crippen LogP) is 7.97. The predicted molar refractivity (Wildman–Crippen MR) is 119 cm³/mol. The molecule has 156 valence electrons. The van der Waals surface area contributed by atoms with E-state index in [1.54, 1.807) is 0 Å². The van der Waals surface area contributed by atoms with E-state index in [-0.39, 0.29) is 0 Å². The lowest BCUT2D eigenvalue weighted by molar-refractivity contribution is 0.0272. The van der Waals surface area contributed by atoms with E-state index in [4.69, 9.17) is 4.84 Å². The smallest absolute Gasteiger partial charge is 0.0933 e. The number of rotatable bonds is 20. The molecule has 0 aliphatic carbocycles. The van der Waals surface area contributed by atoms with Gasteiger partial charge in [-0.05, 0) is 12.0 Å². The van der Waals surface area contributed by atoms with Crippen LogP contribution in [-0.2, 0) is 11.4 Å². The Labute approximate surface area is 169 Å². The van der Waals surface area contributed by atoms with E-state index in [9.17, 15) is 0 Å². The Morgan fingerprint density at radius 1 is 0.593 bits per heavy atom. The fourth-order valence-electron chi connectivity index (χ4n) is 3.53. The first kappa shape index (κ1) is 24.2. The highest BCUT2D eigenvalue weighted by Gasteiger charge is 1.95. The third kappa shape index (κ3) is 17.0. The maximum Gasteiger partial charge on any atom is 0.0933 e. The third-order valence-corrected chi connectivity index (χ3v) is 5.32. The van der Waals surface area contributed by atoms with Crippen LogP contribution < -0.4 is 5.48 Å². The van der Waals surface area contributed by atoms with Crippen LogP contribution in [0.2, 0.25) is 0 Å². The van der Waals surface area contributed by atoms with Gasteiger partial charge in [0.15, 0.2) is 0 Å². The first-order valence-electron chi connectivity index (χ1n) is 11.8. The van der Waals surface area contributed by atoms with Gasteiger partial charge in [-0.2, -0.15) is 0 Å². The van der Waals surface area contributed by atoms with Crippen molar-refractivity contribution in [3.8, 4) is 0 Å².